The van der Waals surface area contributed by atoms with E-state index >= 15 is 0 Å². The summed E-state index contributed by atoms with van der Waals surface area (Å²) in [4.78, 5) is 4.19. The molecular formula is C11H20N4S. The summed E-state index contributed by atoms with van der Waals surface area (Å²) in [5.41, 5.74) is 0. The van der Waals surface area contributed by atoms with Crippen LogP contribution in [0.2, 0.25) is 0 Å². The van der Waals surface area contributed by atoms with Gasteiger partial charge in [0.2, 0.25) is 0 Å². The predicted octanol–water partition coefficient (Wildman–Crippen LogP) is 1.83. The lowest BCUT2D eigenvalue weighted by molar-refractivity contribution is 0.524. The first-order chi connectivity index (χ1) is 7.86. The number of aryl methyl sites for hydroxylation is 1. The van der Waals surface area contributed by atoms with Crippen molar-refractivity contribution >= 4 is 11.8 Å². The van der Waals surface area contributed by atoms with E-state index in [2.05, 4.69) is 15.4 Å². The molecule has 1 N–H and O–H groups in total. The first-order valence-electron chi connectivity index (χ1n) is 6.06. The Hall–Kier alpha value is -0.550. The molecule has 1 saturated carbocycles. The van der Waals surface area contributed by atoms with Gasteiger partial charge in [0.15, 0.2) is 5.16 Å². The molecular weight excluding hydrogens is 220 g/mol. The van der Waals surface area contributed by atoms with Crippen LogP contribution < -0.4 is 5.32 Å². The molecule has 90 valence electrons. The zero-order valence-electron chi connectivity index (χ0n) is 9.85. The van der Waals surface area contributed by atoms with E-state index in [1.165, 1.54) is 32.1 Å². The van der Waals surface area contributed by atoms with Crippen LogP contribution in [0.1, 0.15) is 32.1 Å². The monoisotopic (exact) mass is 240 g/mol. The van der Waals surface area contributed by atoms with Gasteiger partial charge < -0.3 is 5.32 Å². The largest absolute Gasteiger partial charge is 0.314 e. The smallest absolute Gasteiger partial charge is 0.185 e. The highest BCUT2D eigenvalue weighted by Gasteiger charge is 2.13. The van der Waals surface area contributed by atoms with E-state index in [0.717, 1.165) is 23.5 Å². The molecule has 0 aromatic carbocycles. The van der Waals surface area contributed by atoms with Crippen molar-refractivity contribution in [1.29, 1.82) is 0 Å². The van der Waals surface area contributed by atoms with E-state index in [1.54, 1.807) is 18.1 Å². The number of nitrogens with zero attached hydrogens (tertiary/aromatic N) is 3. The summed E-state index contributed by atoms with van der Waals surface area (Å²) in [6.07, 6.45) is 8.37. The van der Waals surface area contributed by atoms with Crippen molar-refractivity contribution in [3.05, 3.63) is 6.33 Å². The molecule has 2 rings (SSSR count). The lowest BCUT2D eigenvalue weighted by Gasteiger charge is -2.10. The molecule has 0 radical (unpaired) electrons. The second-order valence-electron chi connectivity index (χ2n) is 4.30. The molecule has 1 fully saturated rings. The van der Waals surface area contributed by atoms with Crippen molar-refractivity contribution in [3.63, 3.8) is 0 Å². The number of rotatable bonds is 6. The first kappa shape index (κ1) is 11.9. The van der Waals surface area contributed by atoms with Crippen molar-refractivity contribution in [2.45, 2.75) is 43.3 Å². The zero-order valence-corrected chi connectivity index (χ0v) is 10.7. The van der Waals surface area contributed by atoms with Crippen LogP contribution in [0.4, 0.5) is 0 Å². The Balaban J connectivity index is 1.53. The van der Waals surface area contributed by atoms with E-state index in [-0.39, 0.29) is 0 Å². The summed E-state index contributed by atoms with van der Waals surface area (Å²) in [6.45, 7) is 1.13. The van der Waals surface area contributed by atoms with Crippen molar-refractivity contribution in [3.8, 4) is 0 Å². The van der Waals surface area contributed by atoms with Crippen LogP contribution in [0.5, 0.6) is 0 Å². The molecule has 1 heterocycles. The number of thioether (sulfide) groups is 1. The highest BCUT2D eigenvalue weighted by Crippen LogP contribution is 2.18. The van der Waals surface area contributed by atoms with Gasteiger partial charge in [0.1, 0.15) is 6.33 Å². The van der Waals surface area contributed by atoms with Gasteiger partial charge in [-0.25, -0.2) is 9.67 Å². The molecule has 4 nitrogen and oxygen atoms in total. The topological polar surface area (TPSA) is 42.7 Å². The fraction of sp³-hybridized carbons (Fsp3) is 0.818. The molecule has 0 aliphatic heterocycles. The Bertz CT molecular complexity index is 307. The van der Waals surface area contributed by atoms with Gasteiger partial charge in [-0.2, -0.15) is 5.10 Å². The molecule has 1 aromatic heterocycles. The van der Waals surface area contributed by atoms with Gasteiger partial charge in [-0.1, -0.05) is 24.6 Å². The molecule has 0 atom stereocenters. The normalized spacial score (nSPS) is 17.1. The SMILES string of the molecule is Cn1ncnc1SCCCNC1CCCC1. The van der Waals surface area contributed by atoms with Crippen molar-refractivity contribution in [2.24, 2.45) is 7.05 Å². The van der Waals surface area contributed by atoms with E-state index in [0.29, 0.717) is 0 Å². The Morgan fingerprint density at radius 1 is 1.50 bits per heavy atom. The molecule has 1 aliphatic carbocycles. The van der Waals surface area contributed by atoms with Crippen molar-refractivity contribution in [1.82, 2.24) is 20.1 Å². The van der Waals surface area contributed by atoms with Gasteiger partial charge >= 0.3 is 0 Å². The molecule has 0 unspecified atom stereocenters. The second kappa shape index (κ2) is 6.25. The number of aromatic nitrogens is 3. The standard InChI is InChI=1S/C11H20N4S/c1-15-11(13-9-14-15)16-8-4-7-12-10-5-2-3-6-10/h9-10,12H,2-8H2,1H3. The molecule has 16 heavy (non-hydrogen) atoms. The Labute approximate surface area is 101 Å². The minimum absolute atomic E-state index is 0.792. The fourth-order valence-electron chi connectivity index (χ4n) is 2.09. The van der Waals surface area contributed by atoms with E-state index in [4.69, 9.17) is 0 Å². The van der Waals surface area contributed by atoms with Crippen LogP contribution >= 0.6 is 11.8 Å². The van der Waals surface area contributed by atoms with Gasteiger partial charge in [-0.15, -0.1) is 0 Å². The van der Waals surface area contributed by atoms with Crippen LogP contribution in [0.25, 0.3) is 0 Å². The Morgan fingerprint density at radius 3 is 3.00 bits per heavy atom. The third kappa shape index (κ3) is 3.49. The minimum Gasteiger partial charge on any atom is -0.314 e. The summed E-state index contributed by atoms with van der Waals surface area (Å²) in [5.74, 6) is 1.12. The second-order valence-corrected chi connectivity index (χ2v) is 5.37. The lowest BCUT2D eigenvalue weighted by Crippen LogP contribution is -2.27. The quantitative estimate of drug-likeness (QED) is 0.608. The molecule has 0 amide bonds. The van der Waals surface area contributed by atoms with Gasteiger partial charge in [0, 0.05) is 18.8 Å². The summed E-state index contributed by atoms with van der Waals surface area (Å²) in [6, 6.07) is 0.792. The average molecular weight is 240 g/mol. The lowest BCUT2D eigenvalue weighted by atomic mass is 10.2. The molecule has 0 saturated heterocycles. The van der Waals surface area contributed by atoms with Crippen LogP contribution in [-0.4, -0.2) is 33.1 Å². The van der Waals surface area contributed by atoms with Crippen molar-refractivity contribution in [2.75, 3.05) is 12.3 Å². The highest BCUT2D eigenvalue weighted by molar-refractivity contribution is 7.99. The molecule has 0 bridgehead atoms. The summed E-state index contributed by atoms with van der Waals surface area (Å²) in [5, 5.41) is 8.68. The van der Waals surface area contributed by atoms with E-state index < -0.39 is 0 Å². The summed E-state index contributed by atoms with van der Waals surface area (Å²) in [7, 11) is 1.94. The molecule has 1 aromatic rings. The maximum atomic E-state index is 4.19. The Morgan fingerprint density at radius 2 is 2.31 bits per heavy atom. The zero-order chi connectivity index (χ0) is 11.2. The summed E-state index contributed by atoms with van der Waals surface area (Å²) >= 11 is 1.79. The van der Waals surface area contributed by atoms with Gasteiger partial charge in [-0.3, -0.25) is 0 Å². The van der Waals surface area contributed by atoms with Gasteiger partial charge in [0.05, 0.1) is 0 Å². The number of hydrogen-bond acceptors (Lipinski definition) is 4. The molecule has 1 aliphatic rings. The van der Waals surface area contributed by atoms with Crippen molar-refractivity contribution < 1.29 is 0 Å². The first-order valence-corrected chi connectivity index (χ1v) is 7.05. The minimum atomic E-state index is 0.792. The van der Waals surface area contributed by atoms with E-state index in [9.17, 15) is 0 Å². The fourth-order valence-corrected chi connectivity index (χ4v) is 2.91. The van der Waals surface area contributed by atoms with E-state index in [1.807, 2.05) is 11.7 Å². The molecule has 5 heteroatoms. The van der Waals surface area contributed by atoms with Crippen LogP contribution in [0.3, 0.4) is 0 Å². The van der Waals surface area contributed by atoms with Crippen LogP contribution in [0.15, 0.2) is 11.5 Å². The van der Waals surface area contributed by atoms with Crippen LogP contribution in [0, 0.1) is 0 Å². The average Bonchev–Trinajstić information content (AvgIpc) is 2.90. The predicted molar refractivity (Wildman–Crippen MR) is 66.6 cm³/mol. The third-order valence-corrected chi connectivity index (χ3v) is 4.13. The van der Waals surface area contributed by atoms with Crippen LogP contribution in [-0.2, 0) is 7.05 Å². The van der Waals surface area contributed by atoms with Gasteiger partial charge in [-0.05, 0) is 25.8 Å². The maximum Gasteiger partial charge on any atom is 0.185 e. The summed E-state index contributed by atoms with van der Waals surface area (Å²) < 4.78 is 1.83. The van der Waals surface area contributed by atoms with Gasteiger partial charge in [0.25, 0.3) is 0 Å². The Kier molecular flexibility index (Phi) is 4.66. The molecule has 0 spiro atoms. The maximum absolute atomic E-state index is 4.19. The number of hydrogen-bond donors (Lipinski definition) is 1. The highest BCUT2D eigenvalue weighted by atomic mass is 32.2. The third-order valence-electron chi connectivity index (χ3n) is 3.01. The number of nitrogens with one attached hydrogen (secondary N) is 1.